The van der Waals surface area contributed by atoms with Gasteiger partial charge in [-0.2, -0.15) is 0 Å². The molecule has 0 bridgehead atoms. The molecule has 1 aliphatic heterocycles. The van der Waals surface area contributed by atoms with Crippen molar-refractivity contribution in [1.82, 2.24) is 5.32 Å². The van der Waals surface area contributed by atoms with E-state index >= 15 is 0 Å². The van der Waals surface area contributed by atoms with Crippen LogP contribution in [0.25, 0.3) is 0 Å². The summed E-state index contributed by atoms with van der Waals surface area (Å²) in [5.41, 5.74) is 1.82. The average Bonchev–Trinajstić information content (AvgIpc) is 2.72. The van der Waals surface area contributed by atoms with E-state index in [2.05, 4.69) is 37.1 Å². The molecule has 0 amide bonds. The highest BCUT2D eigenvalue weighted by Gasteiger charge is 2.22. The van der Waals surface area contributed by atoms with Gasteiger partial charge in [-0.25, -0.2) is 4.39 Å². The van der Waals surface area contributed by atoms with E-state index in [1.54, 1.807) is 6.07 Å². The Morgan fingerprint density at radius 2 is 2.10 bits per heavy atom. The Labute approximate surface area is 128 Å². The molecule has 3 heteroatoms. The number of anilines is 1. The van der Waals surface area contributed by atoms with Gasteiger partial charge in [0.15, 0.2) is 0 Å². The van der Waals surface area contributed by atoms with E-state index in [4.69, 9.17) is 0 Å². The summed E-state index contributed by atoms with van der Waals surface area (Å²) in [6.07, 6.45) is 5.99. The SMILES string of the molecule is CCNC(C)c1ccc(N2CCCCCC2CC)c(F)c1. The highest BCUT2D eigenvalue weighted by molar-refractivity contribution is 5.50. The Balaban J connectivity index is 2.22. The molecule has 118 valence electrons. The lowest BCUT2D eigenvalue weighted by molar-refractivity contribution is 0.537. The van der Waals surface area contributed by atoms with Crippen LogP contribution < -0.4 is 10.2 Å². The number of hydrogen-bond acceptors (Lipinski definition) is 2. The van der Waals surface area contributed by atoms with Crippen LogP contribution in [0, 0.1) is 5.82 Å². The minimum absolute atomic E-state index is 0.0717. The van der Waals surface area contributed by atoms with E-state index in [1.807, 2.05) is 6.07 Å². The van der Waals surface area contributed by atoms with Gasteiger partial charge in [0.05, 0.1) is 5.69 Å². The predicted octanol–water partition coefficient (Wildman–Crippen LogP) is 4.66. The lowest BCUT2D eigenvalue weighted by atomic mass is 10.0. The standard InChI is InChI=1S/C18H29FN2/c1-4-16-9-7-6-8-12-21(16)18-11-10-15(13-17(18)19)14(3)20-5-2/h10-11,13-14,16,20H,4-9,12H2,1-3H3. The minimum Gasteiger partial charge on any atom is -0.366 e. The molecule has 1 aromatic carbocycles. The summed E-state index contributed by atoms with van der Waals surface area (Å²) in [5.74, 6) is -0.0717. The minimum atomic E-state index is -0.0717. The Hall–Kier alpha value is -1.09. The molecule has 1 aromatic rings. The van der Waals surface area contributed by atoms with Gasteiger partial charge in [-0.3, -0.25) is 0 Å². The fourth-order valence-electron chi connectivity index (χ4n) is 3.37. The van der Waals surface area contributed by atoms with Gasteiger partial charge >= 0.3 is 0 Å². The molecule has 1 fully saturated rings. The molecule has 0 saturated carbocycles. The van der Waals surface area contributed by atoms with Crippen LogP contribution in [-0.4, -0.2) is 19.1 Å². The lowest BCUT2D eigenvalue weighted by Crippen LogP contribution is -2.35. The molecule has 1 heterocycles. The molecule has 2 rings (SSSR count). The maximum Gasteiger partial charge on any atom is 0.146 e. The first-order valence-electron chi connectivity index (χ1n) is 8.46. The Morgan fingerprint density at radius 3 is 2.76 bits per heavy atom. The zero-order valence-corrected chi connectivity index (χ0v) is 13.7. The first kappa shape index (κ1) is 16.3. The van der Waals surface area contributed by atoms with Crippen LogP contribution in [0.2, 0.25) is 0 Å². The largest absolute Gasteiger partial charge is 0.366 e. The maximum absolute atomic E-state index is 14.6. The maximum atomic E-state index is 14.6. The van der Waals surface area contributed by atoms with Crippen molar-refractivity contribution >= 4 is 5.69 Å². The fraction of sp³-hybridized carbons (Fsp3) is 0.667. The summed E-state index contributed by atoms with van der Waals surface area (Å²) in [6, 6.07) is 6.44. The van der Waals surface area contributed by atoms with Gasteiger partial charge in [-0.05, 0) is 50.4 Å². The van der Waals surface area contributed by atoms with Crippen molar-refractivity contribution in [2.45, 2.75) is 65.0 Å². The third kappa shape index (κ3) is 3.97. The number of nitrogens with zero attached hydrogens (tertiary/aromatic N) is 1. The van der Waals surface area contributed by atoms with Crippen molar-refractivity contribution in [3.05, 3.63) is 29.6 Å². The van der Waals surface area contributed by atoms with E-state index < -0.39 is 0 Å². The molecule has 0 aliphatic carbocycles. The highest BCUT2D eigenvalue weighted by Crippen LogP contribution is 2.29. The zero-order chi connectivity index (χ0) is 15.2. The lowest BCUT2D eigenvalue weighted by Gasteiger charge is -2.32. The fourth-order valence-corrected chi connectivity index (χ4v) is 3.37. The molecule has 1 saturated heterocycles. The van der Waals surface area contributed by atoms with Crippen molar-refractivity contribution in [1.29, 1.82) is 0 Å². The van der Waals surface area contributed by atoms with Crippen LogP contribution in [0.3, 0.4) is 0 Å². The smallest absolute Gasteiger partial charge is 0.146 e. The van der Waals surface area contributed by atoms with Crippen molar-refractivity contribution in [3.63, 3.8) is 0 Å². The predicted molar refractivity (Wildman–Crippen MR) is 88.4 cm³/mol. The number of halogens is 1. The van der Waals surface area contributed by atoms with Gasteiger partial charge in [0.1, 0.15) is 5.82 Å². The van der Waals surface area contributed by atoms with Gasteiger partial charge in [0, 0.05) is 18.6 Å². The van der Waals surface area contributed by atoms with Crippen LogP contribution in [0.15, 0.2) is 18.2 Å². The second-order valence-corrected chi connectivity index (χ2v) is 6.10. The molecule has 2 atom stereocenters. The van der Waals surface area contributed by atoms with Crippen molar-refractivity contribution in [3.8, 4) is 0 Å². The van der Waals surface area contributed by atoms with Crippen LogP contribution in [0.4, 0.5) is 10.1 Å². The molecular formula is C18H29FN2. The molecule has 2 nitrogen and oxygen atoms in total. The summed E-state index contributed by atoms with van der Waals surface area (Å²) >= 11 is 0. The molecule has 0 spiro atoms. The van der Waals surface area contributed by atoms with Crippen LogP contribution >= 0.6 is 0 Å². The van der Waals surface area contributed by atoms with Crippen LogP contribution in [0.1, 0.15) is 64.5 Å². The molecule has 0 radical (unpaired) electrons. The summed E-state index contributed by atoms with van der Waals surface area (Å²) < 4.78 is 14.6. The van der Waals surface area contributed by atoms with Gasteiger partial charge in [-0.15, -0.1) is 0 Å². The molecule has 0 aromatic heterocycles. The van der Waals surface area contributed by atoms with Crippen molar-refractivity contribution < 1.29 is 4.39 Å². The average molecular weight is 292 g/mol. The summed E-state index contributed by atoms with van der Waals surface area (Å²) in [5, 5.41) is 3.34. The normalized spacial score (nSPS) is 21.1. The third-order valence-corrected chi connectivity index (χ3v) is 4.64. The van der Waals surface area contributed by atoms with Crippen molar-refractivity contribution in [2.24, 2.45) is 0 Å². The van der Waals surface area contributed by atoms with Gasteiger partial charge in [0.25, 0.3) is 0 Å². The Kier molecular flexibility index (Phi) is 6.04. The van der Waals surface area contributed by atoms with E-state index in [0.717, 1.165) is 30.8 Å². The number of nitrogens with one attached hydrogen (secondary N) is 1. The molecule has 1 N–H and O–H groups in total. The third-order valence-electron chi connectivity index (χ3n) is 4.64. The van der Waals surface area contributed by atoms with Crippen molar-refractivity contribution in [2.75, 3.05) is 18.0 Å². The summed E-state index contributed by atoms with van der Waals surface area (Å²) in [6.45, 7) is 8.25. The highest BCUT2D eigenvalue weighted by atomic mass is 19.1. The number of rotatable bonds is 5. The monoisotopic (exact) mass is 292 g/mol. The second-order valence-electron chi connectivity index (χ2n) is 6.10. The molecule has 1 aliphatic rings. The first-order chi connectivity index (χ1) is 10.2. The topological polar surface area (TPSA) is 15.3 Å². The van der Waals surface area contributed by atoms with Gasteiger partial charge in [0.2, 0.25) is 0 Å². The molecule has 2 unspecified atom stereocenters. The van der Waals surface area contributed by atoms with Crippen LogP contribution in [0.5, 0.6) is 0 Å². The second kappa shape index (κ2) is 7.79. The molecule has 21 heavy (non-hydrogen) atoms. The molecular weight excluding hydrogens is 263 g/mol. The van der Waals surface area contributed by atoms with E-state index in [-0.39, 0.29) is 11.9 Å². The van der Waals surface area contributed by atoms with E-state index in [0.29, 0.717) is 6.04 Å². The summed E-state index contributed by atoms with van der Waals surface area (Å²) in [4.78, 5) is 2.30. The number of benzene rings is 1. The van der Waals surface area contributed by atoms with Gasteiger partial charge in [-0.1, -0.05) is 32.8 Å². The zero-order valence-electron chi connectivity index (χ0n) is 13.7. The van der Waals surface area contributed by atoms with E-state index in [1.165, 1.54) is 25.7 Å². The number of hydrogen-bond donors (Lipinski definition) is 1. The van der Waals surface area contributed by atoms with Gasteiger partial charge < -0.3 is 10.2 Å². The Morgan fingerprint density at radius 1 is 1.29 bits per heavy atom. The first-order valence-corrected chi connectivity index (χ1v) is 8.46. The van der Waals surface area contributed by atoms with E-state index in [9.17, 15) is 4.39 Å². The van der Waals surface area contributed by atoms with Crippen LogP contribution in [-0.2, 0) is 0 Å². The quantitative estimate of drug-likeness (QED) is 0.849. The Bertz CT molecular complexity index is 447. The summed E-state index contributed by atoms with van der Waals surface area (Å²) in [7, 11) is 0.